The number of anilines is 1. The number of hydrogen-bond donors (Lipinski definition) is 1. The van der Waals surface area contributed by atoms with Gasteiger partial charge in [-0.15, -0.1) is 22.0 Å². The molecule has 0 aliphatic rings. The van der Waals surface area contributed by atoms with Crippen molar-refractivity contribution in [2.24, 2.45) is 0 Å². The van der Waals surface area contributed by atoms with Crippen LogP contribution in [0.15, 0.2) is 24.3 Å². The molecule has 25 heavy (non-hydrogen) atoms. The van der Waals surface area contributed by atoms with Crippen molar-refractivity contribution in [3.05, 3.63) is 29.3 Å². The van der Waals surface area contributed by atoms with Crippen LogP contribution in [0.1, 0.15) is 20.3 Å². The van der Waals surface area contributed by atoms with E-state index in [1.807, 2.05) is 25.1 Å². The SMILES string of the molecule is CCOC(=O)CSC(CC)C(=O)Nc1nnc(-c2ccccc2Cl)s1. The van der Waals surface area contributed by atoms with E-state index >= 15 is 0 Å². The predicted molar refractivity (Wildman–Crippen MR) is 102 cm³/mol. The molecular weight excluding hydrogens is 382 g/mol. The zero-order valence-electron chi connectivity index (χ0n) is 13.8. The van der Waals surface area contributed by atoms with Crippen LogP contribution in [0.25, 0.3) is 10.6 Å². The normalized spacial score (nSPS) is 11.8. The first-order valence-electron chi connectivity index (χ1n) is 7.71. The van der Waals surface area contributed by atoms with Gasteiger partial charge in [0.05, 0.1) is 22.6 Å². The van der Waals surface area contributed by atoms with Crippen molar-refractivity contribution in [3.8, 4) is 10.6 Å². The highest BCUT2D eigenvalue weighted by Gasteiger charge is 2.20. The molecule has 1 aromatic heterocycles. The Hall–Kier alpha value is -1.64. The monoisotopic (exact) mass is 399 g/mol. The van der Waals surface area contributed by atoms with Crippen LogP contribution in [0, 0.1) is 0 Å². The van der Waals surface area contributed by atoms with Gasteiger partial charge in [0.25, 0.3) is 0 Å². The Labute approximate surface area is 159 Å². The van der Waals surface area contributed by atoms with Gasteiger partial charge in [-0.25, -0.2) is 0 Å². The van der Waals surface area contributed by atoms with Gasteiger partial charge in [0, 0.05) is 5.56 Å². The van der Waals surface area contributed by atoms with Gasteiger partial charge >= 0.3 is 5.97 Å². The topological polar surface area (TPSA) is 81.2 Å². The van der Waals surface area contributed by atoms with Gasteiger partial charge < -0.3 is 4.74 Å². The van der Waals surface area contributed by atoms with Crippen LogP contribution in [0.4, 0.5) is 5.13 Å². The van der Waals surface area contributed by atoms with E-state index in [0.29, 0.717) is 28.2 Å². The molecule has 0 saturated heterocycles. The number of carbonyl (C=O) groups is 2. The molecule has 1 aromatic carbocycles. The summed E-state index contributed by atoms with van der Waals surface area (Å²) in [6, 6.07) is 7.32. The van der Waals surface area contributed by atoms with Gasteiger partial charge in [0.2, 0.25) is 11.0 Å². The number of nitrogens with one attached hydrogen (secondary N) is 1. The lowest BCUT2D eigenvalue weighted by Crippen LogP contribution is -2.26. The van der Waals surface area contributed by atoms with Gasteiger partial charge in [0.1, 0.15) is 0 Å². The minimum Gasteiger partial charge on any atom is -0.465 e. The van der Waals surface area contributed by atoms with Crippen LogP contribution in [0.5, 0.6) is 0 Å². The van der Waals surface area contributed by atoms with E-state index in [2.05, 4.69) is 15.5 Å². The maximum atomic E-state index is 12.4. The predicted octanol–water partition coefficient (Wildman–Crippen LogP) is 3.87. The second-order valence-electron chi connectivity index (χ2n) is 4.89. The molecule has 6 nitrogen and oxygen atoms in total. The number of nitrogens with zero attached hydrogens (tertiary/aromatic N) is 2. The Morgan fingerprint density at radius 3 is 2.76 bits per heavy atom. The van der Waals surface area contributed by atoms with Gasteiger partial charge in [0.15, 0.2) is 5.01 Å². The number of halogens is 1. The number of rotatable bonds is 8. The van der Waals surface area contributed by atoms with Gasteiger partial charge in [-0.2, -0.15) is 0 Å². The van der Waals surface area contributed by atoms with E-state index in [1.165, 1.54) is 23.1 Å². The summed E-state index contributed by atoms with van der Waals surface area (Å²) in [5, 5.41) is 12.1. The van der Waals surface area contributed by atoms with Crippen molar-refractivity contribution in [2.45, 2.75) is 25.5 Å². The van der Waals surface area contributed by atoms with Crippen LogP contribution in [0.2, 0.25) is 5.02 Å². The highest BCUT2D eigenvalue weighted by molar-refractivity contribution is 8.01. The Kier molecular flexibility index (Phi) is 7.67. The maximum absolute atomic E-state index is 12.4. The van der Waals surface area contributed by atoms with Crippen LogP contribution >= 0.6 is 34.7 Å². The molecule has 1 unspecified atom stereocenters. The summed E-state index contributed by atoms with van der Waals surface area (Å²) in [5.74, 6) is -0.393. The van der Waals surface area contributed by atoms with Crippen LogP contribution < -0.4 is 5.32 Å². The molecule has 0 spiro atoms. The van der Waals surface area contributed by atoms with E-state index in [9.17, 15) is 9.59 Å². The molecular formula is C16H18ClN3O3S2. The van der Waals surface area contributed by atoms with Crippen molar-refractivity contribution in [2.75, 3.05) is 17.7 Å². The van der Waals surface area contributed by atoms with Crippen molar-refractivity contribution < 1.29 is 14.3 Å². The molecule has 0 fully saturated rings. The minimum absolute atomic E-state index is 0.140. The Bertz CT molecular complexity index is 739. The molecule has 134 valence electrons. The molecule has 9 heteroatoms. The number of carbonyl (C=O) groups excluding carboxylic acids is 2. The Morgan fingerprint density at radius 1 is 1.32 bits per heavy atom. The third kappa shape index (κ3) is 5.69. The second-order valence-corrected chi connectivity index (χ2v) is 7.47. The number of benzene rings is 1. The van der Waals surface area contributed by atoms with Gasteiger partial charge in [-0.05, 0) is 19.4 Å². The number of ether oxygens (including phenoxy) is 1. The minimum atomic E-state index is -0.364. The molecule has 0 aliphatic heterocycles. The number of thioether (sulfide) groups is 1. The molecule has 1 N–H and O–H groups in total. The van der Waals surface area contributed by atoms with Crippen LogP contribution in [0.3, 0.4) is 0 Å². The molecule has 1 heterocycles. The fraction of sp³-hybridized carbons (Fsp3) is 0.375. The summed E-state index contributed by atoms with van der Waals surface area (Å²) in [4.78, 5) is 23.8. The molecule has 1 amide bonds. The summed E-state index contributed by atoms with van der Waals surface area (Å²) in [6.45, 7) is 3.97. The zero-order valence-corrected chi connectivity index (χ0v) is 16.2. The number of esters is 1. The van der Waals surface area contributed by atoms with Gasteiger partial charge in [-0.3, -0.25) is 14.9 Å². The third-order valence-corrected chi connectivity index (χ3v) is 5.68. The van der Waals surface area contributed by atoms with E-state index in [1.54, 1.807) is 13.0 Å². The molecule has 0 radical (unpaired) electrons. The highest BCUT2D eigenvalue weighted by Crippen LogP contribution is 2.31. The van der Waals surface area contributed by atoms with Crippen molar-refractivity contribution in [1.82, 2.24) is 10.2 Å². The average Bonchev–Trinajstić information content (AvgIpc) is 3.04. The molecule has 0 saturated carbocycles. The second kappa shape index (κ2) is 9.74. The van der Waals surface area contributed by atoms with E-state index < -0.39 is 0 Å². The lowest BCUT2D eigenvalue weighted by Gasteiger charge is -2.12. The fourth-order valence-electron chi connectivity index (χ4n) is 1.95. The Balaban J connectivity index is 1.98. The van der Waals surface area contributed by atoms with Crippen LogP contribution in [-0.4, -0.2) is 39.7 Å². The molecule has 2 rings (SSSR count). The number of aromatic nitrogens is 2. The molecule has 0 bridgehead atoms. The van der Waals surface area contributed by atoms with Gasteiger partial charge in [-0.1, -0.05) is 48.1 Å². The first-order valence-corrected chi connectivity index (χ1v) is 9.96. The lowest BCUT2D eigenvalue weighted by atomic mass is 10.2. The average molecular weight is 400 g/mol. The Morgan fingerprint density at radius 2 is 2.08 bits per heavy atom. The first kappa shape index (κ1) is 19.7. The van der Waals surface area contributed by atoms with E-state index in [-0.39, 0.29) is 22.9 Å². The van der Waals surface area contributed by atoms with Crippen LogP contribution in [-0.2, 0) is 14.3 Å². The van der Waals surface area contributed by atoms with Crippen molar-refractivity contribution in [3.63, 3.8) is 0 Å². The smallest absolute Gasteiger partial charge is 0.315 e. The molecule has 1 atom stereocenters. The highest BCUT2D eigenvalue weighted by atomic mass is 35.5. The zero-order chi connectivity index (χ0) is 18.2. The fourth-order valence-corrected chi connectivity index (χ4v) is 3.89. The summed E-state index contributed by atoms with van der Waals surface area (Å²) in [7, 11) is 0. The molecule has 0 aliphatic carbocycles. The summed E-state index contributed by atoms with van der Waals surface area (Å²) in [5.41, 5.74) is 0.769. The first-order chi connectivity index (χ1) is 12.0. The third-order valence-electron chi connectivity index (χ3n) is 3.13. The van der Waals surface area contributed by atoms with E-state index in [4.69, 9.17) is 16.3 Å². The lowest BCUT2D eigenvalue weighted by molar-refractivity contribution is -0.139. The number of hydrogen-bond acceptors (Lipinski definition) is 7. The number of amides is 1. The quantitative estimate of drug-likeness (QED) is 0.678. The maximum Gasteiger partial charge on any atom is 0.315 e. The largest absolute Gasteiger partial charge is 0.465 e. The van der Waals surface area contributed by atoms with E-state index in [0.717, 1.165) is 5.56 Å². The van der Waals surface area contributed by atoms with Crippen molar-refractivity contribution in [1.29, 1.82) is 0 Å². The summed E-state index contributed by atoms with van der Waals surface area (Å²) in [6.07, 6.45) is 0.589. The molecule has 2 aromatic rings. The van der Waals surface area contributed by atoms with Crippen molar-refractivity contribution >= 4 is 51.7 Å². The standard InChI is InChI=1S/C16H18ClN3O3S2/c1-3-12(24-9-13(21)23-4-2)14(22)18-16-20-19-15(25-16)10-7-5-6-8-11(10)17/h5-8,12H,3-4,9H2,1-2H3,(H,18,20,22). The summed E-state index contributed by atoms with van der Waals surface area (Å²) >= 11 is 8.65. The summed E-state index contributed by atoms with van der Waals surface area (Å²) < 4.78 is 4.87.